The Kier molecular flexibility index (Phi) is 6.20. The van der Waals surface area contributed by atoms with Crippen LogP contribution in [0.4, 0.5) is 0 Å². The predicted molar refractivity (Wildman–Crippen MR) is 110 cm³/mol. The summed E-state index contributed by atoms with van der Waals surface area (Å²) in [4.78, 5) is 5.45. The standard InChI is InChI=1S/C20H23N3O4S/c1-13(2)22-20-23(21-11-15-7-6-8-27-15)16(12-28-20)14-9-17(24-3)19(26-5)18(10-14)25-4/h6-13H,1-5H3. The van der Waals surface area contributed by atoms with Gasteiger partial charge in [-0.15, -0.1) is 11.3 Å². The van der Waals surface area contributed by atoms with E-state index < -0.39 is 0 Å². The number of rotatable bonds is 7. The van der Waals surface area contributed by atoms with Gasteiger partial charge in [0.15, 0.2) is 11.5 Å². The second-order valence-corrected chi connectivity index (χ2v) is 6.95. The minimum atomic E-state index is 0.136. The fourth-order valence-electron chi connectivity index (χ4n) is 2.63. The summed E-state index contributed by atoms with van der Waals surface area (Å²) in [6.45, 7) is 4.05. The molecule has 0 amide bonds. The molecule has 0 aliphatic rings. The molecule has 28 heavy (non-hydrogen) atoms. The normalized spacial score (nSPS) is 12.1. The number of hydrogen-bond acceptors (Lipinski definition) is 7. The fraction of sp³-hybridized carbons (Fsp3) is 0.300. The molecule has 3 aromatic rings. The summed E-state index contributed by atoms with van der Waals surface area (Å²) in [6.07, 6.45) is 3.27. The van der Waals surface area contributed by atoms with Crippen molar-refractivity contribution in [2.45, 2.75) is 19.9 Å². The molecule has 0 saturated carbocycles. The molecule has 3 rings (SSSR count). The Morgan fingerprint density at radius 1 is 1.11 bits per heavy atom. The molecule has 0 unspecified atom stereocenters. The topological polar surface area (TPSA) is 70.5 Å². The lowest BCUT2D eigenvalue weighted by Gasteiger charge is -2.14. The highest BCUT2D eigenvalue weighted by molar-refractivity contribution is 7.07. The van der Waals surface area contributed by atoms with Crippen LogP contribution in [0.2, 0.25) is 0 Å². The minimum absolute atomic E-state index is 0.136. The quantitative estimate of drug-likeness (QED) is 0.561. The molecule has 1 aromatic carbocycles. The monoisotopic (exact) mass is 401 g/mol. The minimum Gasteiger partial charge on any atom is -0.493 e. The lowest BCUT2D eigenvalue weighted by Crippen LogP contribution is -2.14. The van der Waals surface area contributed by atoms with E-state index in [4.69, 9.17) is 18.6 Å². The van der Waals surface area contributed by atoms with E-state index in [-0.39, 0.29) is 6.04 Å². The second kappa shape index (κ2) is 8.79. The van der Waals surface area contributed by atoms with E-state index in [2.05, 4.69) is 10.1 Å². The fourth-order valence-corrected chi connectivity index (χ4v) is 3.60. The summed E-state index contributed by atoms with van der Waals surface area (Å²) >= 11 is 1.51. The summed E-state index contributed by atoms with van der Waals surface area (Å²) < 4.78 is 23.5. The van der Waals surface area contributed by atoms with Gasteiger partial charge in [0.1, 0.15) is 5.76 Å². The average molecular weight is 401 g/mol. The third-order valence-corrected chi connectivity index (χ3v) is 4.69. The van der Waals surface area contributed by atoms with E-state index in [1.54, 1.807) is 38.5 Å². The van der Waals surface area contributed by atoms with Crippen LogP contribution in [0.5, 0.6) is 17.2 Å². The van der Waals surface area contributed by atoms with Crippen LogP contribution in [-0.4, -0.2) is 38.3 Å². The SMILES string of the molecule is COc1cc(-c2csc(=NC(C)C)n2N=Cc2ccco2)cc(OC)c1OC. The van der Waals surface area contributed by atoms with Crippen LogP contribution < -0.4 is 19.0 Å². The summed E-state index contributed by atoms with van der Waals surface area (Å²) in [5.41, 5.74) is 1.72. The molecule has 0 bridgehead atoms. The molecule has 0 aliphatic heterocycles. The predicted octanol–water partition coefficient (Wildman–Crippen LogP) is 4.03. The number of methoxy groups -OCH3 is 3. The van der Waals surface area contributed by atoms with Crippen molar-refractivity contribution in [3.8, 4) is 28.5 Å². The Bertz CT molecular complexity index is 991. The van der Waals surface area contributed by atoms with Gasteiger partial charge in [-0.05, 0) is 38.1 Å². The smallest absolute Gasteiger partial charge is 0.206 e. The van der Waals surface area contributed by atoms with Gasteiger partial charge < -0.3 is 18.6 Å². The van der Waals surface area contributed by atoms with Gasteiger partial charge in [0.2, 0.25) is 10.6 Å². The zero-order valence-electron chi connectivity index (χ0n) is 16.5. The van der Waals surface area contributed by atoms with Gasteiger partial charge in [-0.3, -0.25) is 4.99 Å². The number of thiazole rings is 1. The van der Waals surface area contributed by atoms with Gasteiger partial charge >= 0.3 is 0 Å². The highest BCUT2D eigenvalue weighted by Crippen LogP contribution is 2.41. The van der Waals surface area contributed by atoms with E-state index in [1.807, 2.05) is 43.5 Å². The third-order valence-electron chi connectivity index (χ3n) is 3.86. The van der Waals surface area contributed by atoms with Crippen molar-refractivity contribution >= 4 is 17.6 Å². The van der Waals surface area contributed by atoms with E-state index in [0.29, 0.717) is 23.0 Å². The zero-order valence-corrected chi connectivity index (χ0v) is 17.3. The molecule has 2 heterocycles. The molecule has 0 radical (unpaired) electrons. The van der Waals surface area contributed by atoms with Gasteiger partial charge in [-0.25, -0.2) is 4.68 Å². The van der Waals surface area contributed by atoms with Crippen molar-refractivity contribution in [2.75, 3.05) is 21.3 Å². The first kappa shape index (κ1) is 19.8. The number of hydrogen-bond donors (Lipinski definition) is 0. The molecule has 0 spiro atoms. The van der Waals surface area contributed by atoms with Crippen molar-refractivity contribution in [3.05, 3.63) is 46.5 Å². The Labute approximate surface area is 167 Å². The van der Waals surface area contributed by atoms with E-state index in [9.17, 15) is 0 Å². The zero-order chi connectivity index (χ0) is 20.1. The summed E-state index contributed by atoms with van der Waals surface area (Å²) in [5.74, 6) is 2.35. The molecule has 0 aliphatic carbocycles. The van der Waals surface area contributed by atoms with Crippen LogP contribution >= 0.6 is 11.3 Å². The van der Waals surface area contributed by atoms with Gasteiger partial charge in [0.05, 0.1) is 39.5 Å². The number of benzene rings is 1. The van der Waals surface area contributed by atoms with Crippen molar-refractivity contribution in [1.29, 1.82) is 0 Å². The third kappa shape index (κ3) is 4.12. The maximum absolute atomic E-state index is 5.48. The molecule has 0 N–H and O–H groups in total. The van der Waals surface area contributed by atoms with Crippen molar-refractivity contribution in [1.82, 2.24) is 4.68 Å². The molecule has 0 saturated heterocycles. The maximum Gasteiger partial charge on any atom is 0.206 e. The Morgan fingerprint density at radius 2 is 1.82 bits per heavy atom. The molecular formula is C20H23N3O4S. The lowest BCUT2D eigenvalue weighted by molar-refractivity contribution is 0.324. The molecule has 0 fully saturated rings. The van der Waals surface area contributed by atoms with Gasteiger partial charge in [-0.1, -0.05) is 0 Å². The highest BCUT2D eigenvalue weighted by Gasteiger charge is 2.17. The molecule has 7 nitrogen and oxygen atoms in total. The molecule has 0 atom stereocenters. The number of ether oxygens (including phenoxy) is 3. The van der Waals surface area contributed by atoms with Crippen LogP contribution in [0, 0.1) is 0 Å². The molecular weight excluding hydrogens is 378 g/mol. The van der Waals surface area contributed by atoms with Gasteiger partial charge in [-0.2, -0.15) is 5.10 Å². The molecule has 148 valence electrons. The van der Waals surface area contributed by atoms with Crippen LogP contribution in [0.25, 0.3) is 11.3 Å². The van der Waals surface area contributed by atoms with Gasteiger partial charge in [0, 0.05) is 17.0 Å². The number of nitrogens with zero attached hydrogens (tertiary/aromatic N) is 3. The summed E-state index contributed by atoms with van der Waals surface area (Å²) in [6, 6.07) is 7.58. The van der Waals surface area contributed by atoms with Crippen LogP contribution in [-0.2, 0) is 0 Å². The average Bonchev–Trinajstić information content (AvgIpc) is 3.34. The maximum atomic E-state index is 5.48. The number of furan rings is 1. The van der Waals surface area contributed by atoms with Crippen LogP contribution in [0.1, 0.15) is 19.6 Å². The van der Waals surface area contributed by atoms with Crippen molar-refractivity contribution in [3.63, 3.8) is 0 Å². The summed E-state index contributed by atoms with van der Waals surface area (Å²) in [5, 5.41) is 6.59. The molecule has 2 aromatic heterocycles. The van der Waals surface area contributed by atoms with E-state index >= 15 is 0 Å². The Morgan fingerprint density at radius 3 is 2.36 bits per heavy atom. The number of aromatic nitrogens is 1. The Balaban J connectivity index is 2.18. The first-order valence-corrected chi connectivity index (χ1v) is 9.58. The van der Waals surface area contributed by atoms with Crippen LogP contribution in [0.3, 0.4) is 0 Å². The molecule has 8 heteroatoms. The Hall–Kier alpha value is -3.00. The largest absolute Gasteiger partial charge is 0.493 e. The van der Waals surface area contributed by atoms with Crippen molar-refractivity contribution < 1.29 is 18.6 Å². The second-order valence-electron chi connectivity index (χ2n) is 6.11. The lowest BCUT2D eigenvalue weighted by atomic mass is 10.1. The highest BCUT2D eigenvalue weighted by atomic mass is 32.1. The van der Waals surface area contributed by atoms with Crippen molar-refractivity contribution in [2.24, 2.45) is 10.1 Å². The first-order chi connectivity index (χ1) is 13.6. The van der Waals surface area contributed by atoms with E-state index in [0.717, 1.165) is 16.1 Å². The van der Waals surface area contributed by atoms with Crippen LogP contribution in [0.15, 0.2) is 50.4 Å². The van der Waals surface area contributed by atoms with E-state index in [1.165, 1.54) is 11.3 Å². The summed E-state index contributed by atoms with van der Waals surface area (Å²) in [7, 11) is 4.77. The van der Waals surface area contributed by atoms with Gasteiger partial charge in [0.25, 0.3) is 0 Å². The first-order valence-electron chi connectivity index (χ1n) is 8.70.